The zero-order chi connectivity index (χ0) is 67.8. The number of halogens is 45. The Morgan fingerprint density at radius 3 is 0.771 bits per heavy atom. The Kier molecular flexibility index (Phi) is 18.3. The molecule has 0 aromatic heterocycles. The van der Waals surface area contributed by atoms with Crippen LogP contribution in [0, 0.1) is 6.92 Å². The van der Waals surface area contributed by atoms with E-state index in [0.717, 1.165) is 18.3 Å². The molecule has 0 aliphatic heterocycles. The van der Waals surface area contributed by atoms with Gasteiger partial charge in [-0.05, 0) is 37.6 Å². The fourth-order valence-electron chi connectivity index (χ4n) is 5.80. The molecule has 1 N–H and O–H groups in total. The summed E-state index contributed by atoms with van der Waals surface area (Å²) < 4.78 is 630. The van der Waals surface area contributed by atoms with Gasteiger partial charge in [0.05, 0.1) is 5.69 Å². The van der Waals surface area contributed by atoms with Crippen LogP contribution in [0.1, 0.15) is 29.3 Å². The standard InChI is InChI=1S/C34H13F45N2O2/c1-8-5-10(3-4-11(8)80-7-82)12(83)81-9(2)6-13(35,36)14(37,38)15(39,40)16(41,42)17(43,44)18(45,46)19(47,48)20(49,50)21(51,52)22(53,54)23(55,56)24(57,58)25(59,60)26(61,62)27(63,64)28(65,66)29(67,68)30(69,70)31(71,72)32(73,74)33(75,76)34(77,78)79/h3-5,9H,6H2,1-2H3,(H,81,83). The molecule has 1 amide bonds. The van der Waals surface area contributed by atoms with Crippen molar-refractivity contribution in [1.82, 2.24) is 5.32 Å². The van der Waals surface area contributed by atoms with Crippen molar-refractivity contribution in [1.29, 1.82) is 0 Å². The Hall–Kier alpha value is -5.08. The van der Waals surface area contributed by atoms with E-state index in [2.05, 4.69) is 4.99 Å². The van der Waals surface area contributed by atoms with Crippen LogP contribution in [0.25, 0.3) is 0 Å². The van der Waals surface area contributed by atoms with Crippen molar-refractivity contribution in [3.63, 3.8) is 0 Å². The van der Waals surface area contributed by atoms with Gasteiger partial charge in [0.25, 0.3) is 5.91 Å². The smallest absolute Gasteiger partial charge is 0.349 e. The molecule has 4 nitrogen and oxygen atoms in total. The molecule has 83 heavy (non-hydrogen) atoms. The van der Waals surface area contributed by atoms with Crippen LogP contribution in [0.3, 0.4) is 0 Å². The molecular weight excluding hydrogens is 1320 g/mol. The van der Waals surface area contributed by atoms with Crippen LogP contribution in [0.2, 0.25) is 0 Å². The number of aryl methyl sites for hydroxylation is 1. The molecule has 49 heteroatoms. The molecule has 1 rings (SSSR count). The van der Waals surface area contributed by atoms with Crippen molar-refractivity contribution < 1.29 is 207 Å². The Labute approximate surface area is 422 Å². The van der Waals surface area contributed by atoms with Crippen LogP contribution < -0.4 is 5.32 Å². The maximum Gasteiger partial charge on any atom is 0.460 e. The van der Waals surface area contributed by atoms with Gasteiger partial charge in [-0.1, -0.05) is 0 Å². The number of isocyanates is 1. The summed E-state index contributed by atoms with van der Waals surface area (Å²) in [6.45, 7) is 0.904. The van der Waals surface area contributed by atoms with Gasteiger partial charge in [-0.15, -0.1) is 0 Å². The van der Waals surface area contributed by atoms with Gasteiger partial charge < -0.3 is 5.32 Å². The quantitative estimate of drug-likeness (QED) is 0.0603. The maximum atomic E-state index is 14.5. The van der Waals surface area contributed by atoms with Crippen LogP contribution in [-0.4, -0.2) is 149 Å². The lowest BCUT2D eigenvalue weighted by Crippen LogP contribution is -2.81. The largest absolute Gasteiger partial charge is 0.460 e. The average molecular weight is 1340 g/mol. The van der Waals surface area contributed by atoms with E-state index in [1.54, 1.807) is 0 Å². The summed E-state index contributed by atoms with van der Waals surface area (Å²) >= 11 is 0. The molecule has 0 radical (unpaired) electrons. The van der Waals surface area contributed by atoms with Crippen LogP contribution in [0.15, 0.2) is 23.2 Å². The number of carbonyl (C=O) groups is 1. The number of aliphatic imine (C=N–C) groups is 1. The van der Waals surface area contributed by atoms with Gasteiger partial charge >= 0.3 is 131 Å². The van der Waals surface area contributed by atoms with Crippen LogP contribution >= 0.6 is 0 Å². The third-order valence-corrected chi connectivity index (χ3v) is 10.9. The molecule has 0 saturated heterocycles. The predicted molar refractivity (Wildman–Crippen MR) is 170 cm³/mol. The van der Waals surface area contributed by atoms with E-state index >= 15 is 0 Å². The zero-order valence-electron chi connectivity index (χ0n) is 37.3. The van der Waals surface area contributed by atoms with Crippen LogP contribution in [0.5, 0.6) is 0 Å². The lowest BCUT2D eigenvalue weighted by Gasteiger charge is -2.47. The number of nitrogens with zero attached hydrogens (tertiary/aromatic N) is 1. The summed E-state index contributed by atoms with van der Waals surface area (Å²) in [6, 6.07) is -1.17. The maximum absolute atomic E-state index is 14.5. The van der Waals surface area contributed by atoms with Crippen molar-refractivity contribution in [3.8, 4) is 0 Å². The zero-order valence-corrected chi connectivity index (χ0v) is 37.3. The van der Waals surface area contributed by atoms with E-state index in [-0.39, 0.29) is 18.2 Å². The molecular formula is C34H13F45N2O2. The molecule has 1 unspecified atom stereocenters. The number of benzene rings is 1. The lowest BCUT2D eigenvalue weighted by atomic mass is 9.81. The Morgan fingerprint density at radius 2 is 0.578 bits per heavy atom. The molecule has 1 aromatic rings. The fourth-order valence-corrected chi connectivity index (χ4v) is 5.80. The highest BCUT2D eigenvalue weighted by molar-refractivity contribution is 5.95. The number of hydrogen-bond acceptors (Lipinski definition) is 3. The predicted octanol–water partition coefficient (Wildman–Crippen LogP) is 16.4. The van der Waals surface area contributed by atoms with E-state index in [0.29, 0.717) is 18.2 Å². The van der Waals surface area contributed by atoms with Crippen molar-refractivity contribution in [3.05, 3.63) is 29.3 Å². The van der Waals surface area contributed by atoms with Crippen molar-refractivity contribution in [2.45, 2.75) is 157 Å². The third kappa shape index (κ3) is 9.52. The second-order valence-electron chi connectivity index (χ2n) is 16.5. The van der Waals surface area contributed by atoms with Gasteiger partial charge in [-0.25, -0.2) is 4.79 Å². The molecule has 0 heterocycles. The van der Waals surface area contributed by atoms with Crippen LogP contribution in [0.4, 0.5) is 203 Å². The Bertz CT molecular complexity index is 2600. The van der Waals surface area contributed by atoms with E-state index in [1.807, 2.05) is 0 Å². The monoisotopic (exact) mass is 1340 g/mol. The number of alkyl halides is 45. The summed E-state index contributed by atoms with van der Waals surface area (Å²) in [4.78, 5) is 25.6. The second kappa shape index (κ2) is 20.0. The summed E-state index contributed by atoms with van der Waals surface area (Å²) in [5.41, 5.74) is -1.47. The minimum absolute atomic E-state index is 0.0743. The highest BCUT2D eigenvalue weighted by atomic mass is 19.4. The summed E-state index contributed by atoms with van der Waals surface area (Å²) in [5, 5.41) is 1.12. The van der Waals surface area contributed by atoms with E-state index in [9.17, 15) is 207 Å². The lowest BCUT2D eigenvalue weighted by molar-refractivity contribution is -0.497. The first kappa shape index (κ1) is 75.9. The van der Waals surface area contributed by atoms with E-state index in [4.69, 9.17) is 0 Å². The van der Waals surface area contributed by atoms with Crippen molar-refractivity contribution in [2.24, 2.45) is 4.99 Å². The number of amides is 1. The third-order valence-electron chi connectivity index (χ3n) is 10.9. The average Bonchev–Trinajstić information content (AvgIpc) is 3.27. The van der Waals surface area contributed by atoms with E-state index in [1.165, 1.54) is 0 Å². The molecule has 1 aromatic carbocycles. The highest BCUT2D eigenvalue weighted by Crippen LogP contribution is 2.72. The molecule has 1 atom stereocenters. The van der Waals surface area contributed by atoms with Gasteiger partial charge in [-0.3, -0.25) is 4.79 Å². The van der Waals surface area contributed by atoms with Crippen molar-refractivity contribution >= 4 is 17.7 Å². The first-order valence-electron chi connectivity index (χ1n) is 19.0. The minimum Gasteiger partial charge on any atom is -0.349 e. The summed E-state index contributed by atoms with van der Waals surface area (Å²) in [7, 11) is 0. The van der Waals surface area contributed by atoms with Gasteiger partial charge in [0.2, 0.25) is 6.08 Å². The SMILES string of the molecule is Cc1cc(C(=O)NC(C)CC(F)(F)C(F)(F)C(F)(F)C(F)(F)C(F)(F)C(F)(F)C(F)(F)C(F)(F)C(F)(F)C(F)(F)C(F)(F)C(F)(F)C(F)(F)C(F)(F)C(F)(F)C(F)(F)C(F)(F)C(F)(F)C(F)(F)C(F)(F)C(F)(F)C(F)(F)F)ccc1N=C=O. The number of rotatable bonds is 25. The van der Waals surface area contributed by atoms with Gasteiger partial charge in [0.1, 0.15) is 0 Å². The molecule has 0 saturated carbocycles. The first-order valence-corrected chi connectivity index (χ1v) is 19.0. The van der Waals surface area contributed by atoms with Crippen LogP contribution in [-0.2, 0) is 4.79 Å². The minimum atomic E-state index is -10.8. The van der Waals surface area contributed by atoms with Gasteiger partial charge in [-0.2, -0.15) is 203 Å². The number of carbonyl (C=O) groups excluding carboxylic acids is 2. The molecule has 0 spiro atoms. The van der Waals surface area contributed by atoms with Crippen molar-refractivity contribution in [2.75, 3.05) is 0 Å². The fraction of sp³-hybridized carbons (Fsp3) is 0.765. The Morgan fingerprint density at radius 1 is 0.373 bits per heavy atom. The highest BCUT2D eigenvalue weighted by Gasteiger charge is 3.04. The molecule has 486 valence electrons. The molecule has 0 fully saturated rings. The van der Waals surface area contributed by atoms with Gasteiger partial charge in [0.15, 0.2) is 0 Å². The molecule has 0 bridgehead atoms. The molecule has 0 aliphatic rings. The molecule has 0 aliphatic carbocycles. The first-order chi connectivity index (χ1) is 35.5. The van der Waals surface area contributed by atoms with E-state index < -0.39 is 154 Å². The second-order valence-corrected chi connectivity index (χ2v) is 16.5. The summed E-state index contributed by atoms with van der Waals surface area (Å²) in [6.07, 6.45) is -11.1. The Balaban J connectivity index is 4.05. The normalized spacial score (nSPS) is 16.7. The summed E-state index contributed by atoms with van der Waals surface area (Å²) in [5.74, 6) is -215. The number of nitrogens with one attached hydrogen (secondary N) is 1. The topological polar surface area (TPSA) is 58.5 Å². The number of hydrogen-bond donors (Lipinski definition) is 1. The van der Waals surface area contributed by atoms with Gasteiger partial charge in [0, 0.05) is 18.0 Å².